The van der Waals surface area contributed by atoms with E-state index in [2.05, 4.69) is 5.32 Å². The highest BCUT2D eigenvalue weighted by Gasteiger charge is 2.40. The van der Waals surface area contributed by atoms with Crippen molar-refractivity contribution in [1.82, 2.24) is 5.32 Å². The van der Waals surface area contributed by atoms with Gasteiger partial charge >= 0.3 is 5.97 Å². The van der Waals surface area contributed by atoms with Crippen molar-refractivity contribution in [3.05, 3.63) is 39.4 Å². The summed E-state index contributed by atoms with van der Waals surface area (Å²) in [5.74, 6) is -1.65. The molecule has 1 aliphatic rings. The molecule has 1 fully saturated rings. The third-order valence-corrected chi connectivity index (χ3v) is 4.08. The molecule has 0 atom stereocenters. The maximum atomic E-state index is 12.3. The standard InChI is InChI=1S/C15H18N2O6/c1-10-2-3-12(17(21)22)11(8-10)13(18)16-9-15(14(19)20)4-6-23-7-5-15/h2-3,8H,4-7,9H2,1H3,(H,16,18)(H,19,20). The van der Waals surface area contributed by atoms with Crippen LogP contribution < -0.4 is 5.32 Å². The molecule has 8 nitrogen and oxygen atoms in total. The van der Waals surface area contributed by atoms with Gasteiger partial charge in [-0.3, -0.25) is 19.7 Å². The van der Waals surface area contributed by atoms with Crippen LogP contribution in [0.15, 0.2) is 18.2 Å². The lowest BCUT2D eigenvalue weighted by atomic mass is 9.80. The summed E-state index contributed by atoms with van der Waals surface area (Å²) in [6.07, 6.45) is 0.580. The molecule has 1 aromatic carbocycles. The molecule has 0 aromatic heterocycles. The van der Waals surface area contributed by atoms with Gasteiger partial charge in [0.2, 0.25) is 0 Å². The molecular formula is C15H18N2O6. The zero-order chi connectivity index (χ0) is 17.0. The fraction of sp³-hybridized carbons (Fsp3) is 0.467. The largest absolute Gasteiger partial charge is 0.481 e. The molecule has 1 aromatic rings. The molecule has 0 bridgehead atoms. The van der Waals surface area contributed by atoms with Crippen LogP contribution >= 0.6 is 0 Å². The van der Waals surface area contributed by atoms with E-state index in [4.69, 9.17) is 4.74 Å². The van der Waals surface area contributed by atoms with Gasteiger partial charge in [-0.05, 0) is 31.4 Å². The molecule has 124 valence electrons. The van der Waals surface area contributed by atoms with Gasteiger partial charge in [0.05, 0.1) is 10.3 Å². The zero-order valence-corrected chi connectivity index (χ0v) is 12.7. The number of nitro groups is 1. The number of nitrogens with zero attached hydrogens (tertiary/aromatic N) is 1. The first-order chi connectivity index (χ1) is 10.9. The first-order valence-electron chi connectivity index (χ1n) is 7.20. The van der Waals surface area contributed by atoms with Crippen LogP contribution in [0, 0.1) is 22.5 Å². The molecule has 1 saturated heterocycles. The van der Waals surface area contributed by atoms with E-state index < -0.39 is 22.2 Å². The third kappa shape index (κ3) is 3.65. The number of carboxylic acids is 1. The average molecular weight is 322 g/mol. The number of nitrogens with one attached hydrogen (secondary N) is 1. The van der Waals surface area contributed by atoms with E-state index in [1.165, 1.54) is 12.1 Å². The molecule has 2 rings (SSSR count). The highest BCUT2D eigenvalue weighted by molar-refractivity contribution is 5.98. The number of benzene rings is 1. The van der Waals surface area contributed by atoms with Gasteiger partial charge in [-0.1, -0.05) is 6.07 Å². The molecule has 0 saturated carbocycles. The summed E-state index contributed by atoms with van der Waals surface area (Å²) in [5, 5.41) is 23.0. The van der Waals surface area contributed by atoms with Gasteiger partial charge in [-0.25, -0.2) is 0 Å². The second-order valence-electron chi connectivity index (χ2n) is 5.66. The molecule has 2 N–H and O–H groups in total. The summed E-state index contributed by atoms with van der Waals surface area (Å²) in [5.41, 5.74) is -0.751. The quantitative estimate of drug-likeness (QED) is 0.626. The average Bonchev–Trinajstić information content (AvgIpc) is 2.53. The smallest absolute Gasteiger partial charge is 0.311 e. The van der Waals surface area contributed by atoms with Crippen LogP contribution in [0.3, 0.4) is 0 Å². The van der Waals surface area contributed by atoms with Gasteiger partial charge in [0, 0.05) is 25.8 Å². The van der Waals surface area contributed by atoms with E-state index in [-0.39, 0.29) is 17.8 Å². The summed E-state index contributed by atoms with van der Waals surface area (Å²) in [4.78, 5) is 34.2. The third-order valence-electron chi connectivity index (χ3n) is 4.08. The minimum absolute atomic E-state index is 0.0670. The number of hydrogen-bond donors (Lipinski definition) is 2. The maximum Gasteiger partial charge on any atom is 0.311 e. The van der Waals surface area contributed by atoms with Crippen LogP contribution in [-0.4, -0.2) is 41.7 Å². The van der Waals surface area contributed by atoms with Crippen molar-refractivity contribution in [3.63, 3.8) is 0 Å². The zero-order valence-electron chi connectivity index (χ0n) is 12.7. The number of amides is 1. The van der Waals surface area contributed by atoms with Crippen molar-refractivity contribution < 1.29 is 24.4 Å². The second kappa shape index (κ2) is 6.74. The van der Waals surface area contributed by atoms with E-state index in [9.17, 15) is 24.8 Å². The first-order valence-corrected chi connectivity index (χ1v) is 7.20. The van der Waals surface area contributed by atoms with Crippen molar-refractivity contribution in [1.29, 1.82) is 0 Å². The Balaban J connectivity index is 2.17. The fourth-order valence-electron chi connectivity index (χ4n) is 2.56. The predicted octanol–water partition coefficient (Wildman–Crippen LogP) is 1.51. The van der Waals surface area contributed by atoms with Crippen molar-refractivity contribution in [3.8, 4) is 0 Å². The molecule has 1 heterocycles. The number of aryl methyl sites for hydroxylation is 1. The lowest BCUT2D eigenvalue weighted by molar-refractivity contribution is -0.385. The monoisotopic (exact) mass is 322 g/mol. The number of carboxylic acid groups (broad SMARTS) is 1. The van der Waals surface area contributed by atoms with E-state index in [1.54, 1.807) is 13.0 Å². The Morgan fingerprint density at radius 2 is 2.04 bits per heavy atom. The molecule has 0 radical (unpaired) electrons. The highest BCUT2D eigenvalue weighted by Crippen LogP contribution is 2.30. The number of hydrogen-bond acceptors (Lipinski definition) is 5. The highest BCUT2D eigenvalue weighted by atomic mass is 16.6. The number of rotatable bonds is 5. The van der Waals surface area contributed by atoms with Crippen LogP contribution in [-0.2, 0) is 9.53 Å². The van der Waals surface area contributed by atoms with E-state index in [0.717, 1.165) is 0 Å². The van der Waals surface area contributed by atoms with Gasteiger partial charge in [0.25, 0.3) is 11.6 Å². The minimum Gasteiger partial charge on any atom is -0.481 e. The van der Waals surface area contributed by atoms with E-state index in [0.29, 0.717) is 31.6 Å². The second-order valence-corrected chi connectivity index (χ2v) is 5.66. The van der Waals surface area contributed by atoms with Crippen molar-refractivity contribution in [2.24, 2.45) is 5.41 Å². The van der Waals surface area contributed by atoms with Crippen LogP contribution in [0.1, 0.15) is 28.8 Å². The van der Waals surface area contributed by atoms with Crippen molar-refractivity contribution in [2.45, 2.75) is 19.8 Å². The first kappa shape index (κ1) is 16.9. The Hall–Kier alpha value is -2.48. The summed E-state index contributed by atoms with van der Waals surface area (Å²) in [6.45, 7) is 2.26. The van der Waals surface area contributed by atoms with Crippen LogP contribution in [0.4, 0.5) is 5.69 Å². The van der Waals surface area contributed by atoms with E-state index >= 15 is 0 Å². The maximum absolute atomic E-state index is 12.3. The summed E-state index contributed by atoms with van der Waals surface area (Å²) >= 11 is 0. The van der Waals surface area contributed by atoms with Gasteiger partial charge in [0.15, 0.2) is 0 Å². The lowest BCUT2D eigenvalue weighted by Crippen LogP contribution is -2.46. The van der Waals surface area contributed by atoms with Gasteiger partial charge in [0.1, 0.15) is 5.56 Å². The molecule has 0 aliphatic carbocycles. The van der Waals surface area contributed by atoms with Crippen molar-refractivity contribution in [2.75, 3.05) is 19.8 Å². The normalized spacial score (nSPS) is 16.6. The number of nitro benzene ring substituents is 1. The van der Waals surface area contributed by atoms with Crippen molar-refractivity contribution >= 4 is 17.6 Å². The number of carbonyl (C=O) groups is 2. The number of aliphatic carboxylic acids is 1. The predicted molar refractivity (Wildman–Crippen MR) is 80.3 cm³/mol. The summed E-state index contributed by atoms with van der Waals surface area (Å²) in [6, 6.07) is 4.24. The molecule has 23 heavy (non-hydrogen) atoms. The molecule has 1 aliphatic heterocycles. The van der Waals surface area contributed by atoms with Crippen LogP contribution in [0.25, 0.3) is 0 Å². The Kier molecular flexibility index (Phi) is 4.95. The SMILES string of the molecule is Cc1ccc([N+](=O)[O-])c(C(=O)NCC2(C(=O)O)CCOCC2)c1. The van der Waals surface area contributed by atoms with Gasteiger partial charge in [-0.2, -0.15) is 0 Å². The molecule has 0 spiro atoms. The lowest BCUT2D eigenvalue weighted by Gasteiger charge is -2.33. The Bertz CT molecular complexity index is 637. The summed E-state index contributed by atoms with van der Waals surface area (Å²) in [7, 11) is 0. The molecule has 0 unspecified atom stereocenters. The summed E-state index contributed by atoms with van der Waals surface area (Å²) < 4.78 is 5.17. The topological polar surface area (TPSA) is 119 Å². The molecular weight excluding hydrogens is 304 g/mol. The molecule has 1 amide bonds. The Labute approximate surface area is 132 Å². The number of carbonyl (C=O) groups excluding carboxylic acids is 1. The number of ether oxygens (including phenoxy) is 1. The molecule has 8 heteroatoms. The van der Waals surface area contributed by atoms with Crippen LogP contribution in [0.5, 0.6) is 0 Å². The Morgan fingerprint density at radius 1 is 1.39 bits per heavy atom. The van der Waals surface area contributed by atoms with E-state index in [1.807, 2.05) is 0 Å². The Morgan fingerprint density at radius 3 is 2.61 bits per heavy atom. The fourth-order valence-corrected chi connectivity index (χ4v) is 2.56. The van der Waals surface area contributed by atoms with Gasteiger partial charge < -0.3 is 15.2 Å². The minimum atomic E-state index is -1.09. The van der Waals surface area contributed by atoms with Gasteiger partial charge in [-0.15, -0.1) is 0 Å². The van der Waals surface area contributed by atoms with Crippen LogP contribution in [0.2, 0.25) is 0 Å².